The van der Waals surface area contributed by atoms with Gasteiger partial charge in [-0.05, 0) is 47.3 Å². The summed E-state index contributed by atoms with van der Waals surface area (Å²) < 4.78 is 10.6. The fraction of sp³-hybridized carbons (Fsp3) is 0.0667. The highest BCUT2D eigenvalue weighted by molar-refractivity contribution is 8.03. The molecule has 0 N–H and O–H groups in total. The minimum atomic E-state index is 0.297. The number of benzene rings is 2. The van der Waals surface area contributed by atoms with Gasteiger partial charge in [-0.25, -0.2) is 0 Å². The van der Waals surface area contributed by atoms with Crippen LogP contribution in [0.15, 0.2) is 53.4 Å². The first-order valence-electron chi connectivity index (χ1n) is 5.54. The molecule has 1 aliphatic rings. The molecular formula is C15H10O2S. The number of rotatable bonds is 1. The standard InChI is InChI=1S/C15H10O2S/c1-2-4-13(5-3-1)18-9-8-12-6-7-14-15(10-12)17-11-16-14/h1-7,10H,11H2. The quantitative estimate of drug-likeness (QED) is 0.573. The van der Waals surface area contributed by atoms with Crippen molar-refractivity contribution in [1.82, 2.24) is 0 Å². The molecule has 0 saturated carbocycles. The first kappa shape index (κ1) is 11.1. The molecule has 1 aliphatic heterocycles. The molecule has 3 rings (SSSR count). The van der Waals surface area contributed by atoms with Gasteiger partial charge in [-0.3, -0.25) is 0 Å². The molecule has 88 valence electrons. The summed E-state index contributed by atoms with van der Waals surface area (Å²) in [7, 11) is 0. The van der Waals surface area contributed by atoms with Gasteiger partial charge in [-0.2, -0.15) is 0 Å². The van der Waals surface area contributed by atoms with Gasteiger partial charge in [0, 0.05) is 10.5 Å². The van der Waals surface area contributed by atoms with Crippen LogP contribution in [-0.2, 0) is 0 Å². The second-order valence-corrected chi connectivity index (χ2v) is 4.59. The highest BCUT2D eigenvalue weighted by Crippen LogP contribution is 2.32. The van der Waals surface area contributed by atoms with Gasteiger partial charge >= 0.3 is 0 Å². The Hall–Kier alpha value is -2.05. The first-order chi connectivity index (χ1) is 8.92. The second-order valence-electron chi connectivity index (χ2n) is 3.71. The number of thioether (sulfide) groups is 1. The van der Waals surface area contributed by atoms with Crippen molar-refractivity contribution in [1.29, 1.82) is 0 Å². The van der Waals surface area contributed by atoms with Gasteiger partial charge in [0.2, 0.25) is 6.79 Å². The zero-order valence-corrected chi connectivity index (χ0v) is 10.4. The topological polar surface area (TPSA) is 18.5 Å². The van der Waals surface area contributed by atoms with Crippen LogP contribution < -0.4 is 9.47 Å². The fourth-order valence-electron chi connectivity index (χ4n) is 1.61. The van der Waals surface area contributed by atoms with Crippen LogP contribution in [-0.4, -0.2) is 6.79 Å². The normalized spacial score (nSPS) is 11.8. The molecule has 2 aromatic rings. The number of ether oxygens (including phenoxy) is 2. The lowest BCUT2D eigenvalue weighted by atomic mass is 10.2. The molecule has 0 bridgehead atoms. The Kier molecular flexibility index (Phi) is 3.12. The van der Waals surface area contributed by atoms with Crippen LogP contribution in [0.25, 0.3) is 0 Å². The molecule has 0 amide bonds. The summed E-state index contributed by atoms with van der Waals surface area (Å²) >= 11 is 1.52. The van der Waals surface area contributed by atoms with Crippen LogP contribution in [0.5, 0.6) is 11.5 Å². The predicted octanol–water partition coefficient (Wildman–Crippen LogP) is 3.52. The largest absolute Gasteiger partial charge is 0.454 e. The van der Waals surface area contributed by atoms with Crippen LogP contribution >= 0.6 is 11.8 Å². The number of hydrogen-bond acceptors (Lipinski definition) is 3. The van der Waals surface area contributed by atoms with Gasteiger partial charge in [0.15, 0.2) is 11.5 Å². The van der Waals surface area contributed by atoms with Crippen molar-refractivity contribution in [3.63, 3.8) is 0 Å². The zero-order chi connectivity index (χ0) is 12.2. The molecule has 3 heteroatoms. The van der Waals surface area contributed by atoms with Gasteiger partial charge in [0.25, 0.3) is 0 Å². The average Bonchev–Trinajstić information content (AvgIpc) is 2.87. The van der Waals surface area contributed by atoms with Crippen molar-refractivity contribution in [2.45, 2.75) is 4.90 Å². The molecule has 1 heterocycles. The summed E-state index contributed by atoms with van der Waals surface area (Å²) in [6.45, 7) is 0.297. The highest BCUT2D eigenvalue weighted by Gasteiger charge is 2.12. The van der Waals surface area contributed by atoms with E-state index in [0.29, 0.717) is 6.79 Å². The number of hydrogen-bond donors (Lipinski definition) is 0. The molecule has 0 aromatic heterocycles. The molecule has 2 nitrogen and oxygen atoms in total. The van der Waals surface area contributed by atoms with Crippen molar-refractivity contribution in [2.24, 2.45) is 0 Å². The van der Waals surface area contributed by atoms with E-state index in [4.69, 9.17) is 9.47 Å². The van der Waals surface area contributed by atoms with E-state index in [1.165, 1.54) is 11.8 Å². The van der Waals surface area contributed by atoms with E-state index in [0.717, 1.165) is 22.0 Å². The maximum absolute atomic E-state index is 5.31. The van der Waals surface area contributed by atoms with Crippen LogP contribution in [0.2, 0.25) is 0 Å². The molecule has 2 aromatic carbocycles. The Labute approximate surface area is 110 Å². The zero-order valence-electron chi connectivity index (χ0n) is 9.55. The van der Waals surface area contributed by atoms with Crippen LogP contribution in [0.1, 0.15) is 5.56 Å². The summed E-state index contributed by atoms with van der Waals surface area (Å²) in [5, 5.41) is 3.08. The molecule has 0 spiro atoms. The summed E-state index contributed by atoms with van der Waals surface area (Å²) in [5.41, 5.74) is 0.933. The lowest BCUT2D eigenvalue weighted by Gasteiger charge is -1.95. The molecule has 0 radical (unpaired) electrons. The predicted molar refractivity (Wildman–Crippen MR) is 71.7 cm³/mol. The molecule has 18 heavy (non-hydrogen) atoms. The minimum absolute atomic E-state index is 0.297. The summed E-state index contributed by atoms with van der Waals surface area (Å²) in [6.07, 6.45) is 0. The smallest absolute Gasteiger partial charge is 0.231 e. The molecule has 0 unspecified atom stereocenters. The SMILES string of the molecule is C(#Cc1ccc2c(c1)OCO2)Sc1ccccc1. The van der Waals surface area contributed by atoms with Gasteiger partial charge in [-0.1, -0.05) is 24.1 Å². The van der Waals surface area contributed by atoms with E-state index in [1.807, 2.05) is 48.5 Å². The lowest BCUT2D eigenvalue weighted by Crippen LogP contribution is -1.92. The lowest BCUT2D eigenvalue weighted by molar-refractivity contribution is 0.174. The van der Waals surface area contributed by atoms with Crippen molar-refractivity contribution in [2.75, 3.05) is 6.79 Å². The third kappa shape index (κ3) is 2.44. The Bertz CT molecular complexity index is 611. The van der Waals surface area contributed by atoms with E-state index >= 15 is 0 Å². The van der Waals surface area contributed by atoms with Crippen molar-refractivity contribution in [3.05, 3.63) is 54.1 Å². The van der Waals surface area contributed by atoms with E-state index in [1.54, 1.807) is 0 Å². The van der Waals surface area contributed by atoms with Crippen molar-refractivity contribution in [3.8, 4) is 22.7 Å². The Morgan fingerprint density at radius 1 is 0.944 bits per heavy atom. The number of fused-ring (bicyclic) bond motifs is 1. The van der Waals surface area contributed by atoms with Gasteiger partial charge in [-0.15, -0.1) is 0 Å². The average molecular weight is 254 g/mol. The third-order valence-corrected chi connectivity index (χ3v) is 3.19. The van der Waals surface area contributed by atoms with Crippen LogP contribution in [0, 0.1) is 11.2 Å². The van der Waals surface area contributed by atoms with Crippen LogP contribution in [0.3, 0.4) is 0 Å². The third-order valence-electron chi connectivity index (χ3n) is 2.48. The molecular weight excluding hydrogens is 244 g/mol. The van der Waals surface area contributed by atoms with Gasteiger partial charge < -0.3 is 9.47 Å². The monoisotopic (exact) mass is 254 g/mol. The molecule has 0 atom stereocenters. The van der Waals surface area contributed by atoms with Crippen molar-refractivity contribution >= 4 is 11.8 Å². The van der Waals surface area contributed by atoms with Crippen LogP contribution in [0.4, 0.5) is 0 Å². The maximum Gasteiger partial charge on any atom is 0.231 e. The van der Waals surface area contributed by atoms with Gasteiger partial charge in [0.1, 0.15) is 0 Å². The highest BCUT2D eigenvalue weighted by atomic mass is 32.2. The van der Waals surface area contributed by atoms with Crippen molar-refractivity contribution < 1.29 is 9.47 Å². The molecule has 0 aliphatic carbocycles. The summed E-state index contributed by atoms with van der Waals surface area (Å²) in [5.74, 6) is 4.66. The molecule has 0 saturated heterocycles. The molecule has 0 fully saturated rings. The second kappa shape index (κ2) is 5.07. The maximum atomic E-state index is 5.31. The Morgan fingerprint density at radius 3 is 2.67 bits per heavy atom. The fourth-order valence-corrected chi connectivity index (χ4v) is 2.19. The van der Waals surface area contributed by atoms with E-state index in [2.05, 4.69) is 11.2 Å². The Balaban J connectivity index is 1.74. The summed E-state index contributed by atoms with van der Waals surface area (Å²) in [4.78, 5) is 1.14. The van der Waals surface area contributed by atoms with Gasteiger partial charge in [0.05, 0.1) is 0 Å². The van der Waals surface area contributed by atoms with E-state index in [-0.39, 0.29) is 0 Å². The summed E-state index contributed by atoms with van der Waals surface area (Å²) in [6, 6.07) is 15.8. The Morgan fingerprint density at radius 2 is 1.78 bits per heavy atom. The van der Waals surface area contributed by atoms with E-state index < -0.39 is 0 Å². The first-order valence-corrected chi connectivity index (χ1v) is 6.36. The van der Waals surface area contributed by atoms with E-state index in [9.17, 15) is 0 Å². The minimum Gasteiger partial charge on any atom is -0.454 e.